The van der Waals surface area contributed by atoms with E-state index in [1.807, 2.05) is 6.92 Å². The van der Waals surface area contributed by atoms with Crippen molar-refractivity contribution in [1.29, 1.82) is 0 Å². The second kappa shape index (κ2) is 4.36. The molecular weight excluding hydrogens is 216 g/mol. The highest BCUT2D eigenvalue weighted by Crippen LogP contribution is 2.59. The van der Waals surface area contributed by atoms with Crippen LogP contribution >= 0.6 is 0 Å². The van der Waals surface area contributed by atoms with Crippen LogP contribution in [0.2, 0.25) is 19.6 Å². The number of carbonyl (C=O) groups excluding carboxylic acids is 1. The third-order valence-electron chi connectivity index (χ3n) is 3.25. The van der Waals surface area contributed by atoms with Crippen LogP contribution in [0.15, 0.2) is 11.8 Å². The SMILES string of the molecule is CCOC(=O)[C@@H]1[C@@H](/C=C/[Si](C)(C)C)C1(C)C. The van der Waals surface area contributed by atoms with E-state index in [2.05, 4.69) is 45.3 Å². The lowest BCUT2D eigenvalue weighted by Crippen LogP contribution is -2.15. The molecule has 1 fully saturated rings. The Morgan fingerprint density at radius 3 is 2.38 bits per heavy atom. The van der Waals surface area contributed by atoms with Crippen LogP contribution < -0.4 is 0 Å². The van der Waals surface area contributed by atoms with Gasteiger partial charge in [0.15, 0.2) is 0 Å². The zero-order chi connectivity index (χ0) is 12.6. The highest BCUT2D eigenvalue weighted by Gasteiger charge is 2.61. The maximum atomic E-state index is 11.7. The van der Waals surface area contributed by atoms with Crippen LogP contribution in [-0.4, -0.2) is 20.7 Å². The minimum absolute atomic E-state index is 0.0299. The second-order valence-electron chi connectivity index (χ2n) is 6.30. The van der Waals surface area contributed by atoms with Crippen molar-refractivity contribution >= 4 is 14.0 Å². The molecule has 2 nitrogen and oxygen atoms in total. The van der Waals surface area contributed by atoms with Gasteiger partial charge < -0.3 is 4.74 Å². The van der Waals surface area contributed by atoms with E-state index in [9.17, 15) is 4.79 Å². The van der Waals surface area contributed by atoms with Gasteiger partial charge in [0.25, 0.3) is 0 Å². The normalized spacial score (nSPS) is 28.1. The molecule has 0 heterocycles. The summed E-state index contributed by atoms with van der Waals surface area (Å²) in [6, 6.07) is 0. The summed E-state index contributed by atoms with van der Waals surface area (Å²) >= 11 is 0. The number of esters is 1. The molecule has 3 heteroatoms. The summed E-state index contributed by atoms with van der Waals surface area (Å²) in [7, 11) is -1.16. The Balaban J connectivity index is 2.64. The molecule has 0 N–H and O–H groups in total. The van der Waals surface area contributed by atoms with Gasteiger partial charge >= 0.3 is 5.97 Å². The van der Waals surface area contributed by atoms with Crippen LogP contribution in [0.1, 0.15) is 20.8 Å². The number of rotatable bonds is 4. The third kappa shape index (κ3) is 2.97. The molecule has 1 rings (SSSR count). The first kappa shape index (κ1) is 13.5. The summed E-state index contributed by atoms with van der Waals surface area (Å²) < 4.78 is 5.10. The standard InChI is InChI=1S/C13H24O2Si/c1-7-15-12(14)11-10(13(11,2)3)8-9-16(4,5)6/h8-11H,7H2,1-6H3/b9-8+/t10-,11+/m1/s1. The quantitative estimate of drug-likeness (QED) is 0.557. The summed E-state index contributed by atoms with van der Waals surface area (Å²) in [5.41, 5.74) is 2.42. The molecule has 0 spiro atoms. The largest absolute Gasteiger partial charge is 0.466 e. The van der Waals surface area contributed by atoms with Crippen LogP contribution in [-0.2, 0) is 9.53 Å². The molecule has 0 aromatic heterocycles. The molecule has 0 aromatic rings. The molecule has 0 aromatic carbocycles. The van der Waals surface area contributed by atoms with Gasteiger partial charge in [0.2, 0.25) is 0 Å². The smallest absolute Gasteiger partial charge is 0.310 e. The number of hydrogen-bond donors (Lipinski definition) is 0. The van der Waals surface area contributed by atoms with Gasteiger partial charge in [-0.05, 0) is 18.3 Å². The number of ether oxygens (including phenoxy) is 1. The monoisotopic (exact) mass is 240 g/mol. The molecule has 0 unspecified atom stereocenters. The minimum Gasteiger partial charge on any atom is -0.466 e. The molecule has 1 saturated carbocycles. The van der Waals surface area contributed by atoms with Gasteiger partial charge in [-0.25, -0.2) is 0 Å². The lowest BCUT2D eigenvalue weighted by atomic mass is 10.1. The van der Waals surface area contributed by atoms with E-state index in [-0.39, 0.29) is 17.3 Å². The summed E-state index contributed by atoms with van der Waals surface area (Å²) in [6.07, 6.45) is 2.24. The van der Waals surface area contributed by atoms with E-state index in [0.29, 0.717) is 12.5 Å². The molecule has 0 radical (unpaired) electrons. The van der Waals surface area contributed by atoms with Gasteiger partial charge in [0.05, 0.1) is 20.6 Å². The zero-order valence-corrected chi connectivity index (χ0v) is 12.3. The van der Waals surface area contributed by atoms with Crippen molar-refractivity contribution in [1.82, 2.24) is 0 Å². The number of carbonyl (C=O) groups is 1. The summed E-state index contributed by atoms with van der Waals surface area (Å²) in [5.74, 6) is 0.413. The van der Waals surface area contributed by atoms with Crippen molar-refractivity contribution in [3.63, 3.8) is 0 Å². The van der Waals surface area contributed by atoms with Crippen molar-refractivity contribution in [3.8, 4) is 0 Å². The number of allylic oxidation sites excluding steroid dienone is 1. The van der Waals surface area contributed by atoms with Gasteiger partial charge in [-0.15, -0.1) is 0 Å². The van der Waals surface area contributed by atoms with Crippen LogP contribution in [0, 0.1) is 17.3 Å². The molecule has 16 heavy (non-hydrogen) atoms. The summed E-state index contributed by atoms with van der Waals surface area (Å²) in [6.45, 7) is 13.5. The topological polar surface area (TPSA) is 26.3 Å². The molecule has 1 aliphatic carbocycles. The fraction of sp³-hybridized carbons (Fsp3) is 0.769. The van der Waals surface area contributed by atoms with Crippen molar-refractivity contribution in [2.75, 3.05) is 6.61 Å². The summed E-state index contributed by atoms with van der Waals surface area (Å²) in [5, 5.41) is 0. The second-order valence-corrected chi connectivity index (χ2v) is 11.4. The van der Waals surface area contributed by atoms with Crippen molar-refractivity contribution < 1.29 is 9.53 Å². The van der Waals surface area contributed by atoms with Crippen molar-refractivity contribution in [2.45, 2.75) is 40.4 Å². The Hall–Kier alpha value is -0.573. The molecule has 92 valence electrons. The first-order valence-corrected chi connectivity index (χ1v) is 9.64. The van der Waals surface area contributed by atoms with Crippen molar-refractivity contribution in [3.05, 3.63) is 11.8 Å². The van der Waals surface area contributed by atoms with Crippen LogP contribution in [0.3, 0.4) is 0 Å². The molecule has 2 atom stereocenters. The first-order chi connectivity index (χ1) is 7.20. The Morgan fingerprint density at radius 2 is 1.94 bits per heavy atom. The highest BCUT2D eigenvalue weighted by molar-refractivity contribution is 6.80. The van der Waals surface area contributed by atoms with E-state index in [4.69, 9.17) is 4.74 Å². The van der Waals surface area contributed by atoms with Gasteiger partial charge in [0, 0.05) is 0 Å². The molecule has 1 aliphatic rings. The fourth-order valence-corrected chi connectivity index (χ4v) is 2.90. The highest BCUT2D eigenvalue weighted by atomic mass is 28.3. The Labute approximate surface area is 100 Å². The molecule has 0 aliphatic heterocycles. The maximum Gasteiger partial charge on any atom is 0.310 e. The predicted molar refractivity (Wildman–Crippen MR) is 69.9 cm³/mol. The lowest BCUT2D eigenvalue weighted by molar-refractivity contribution is -0.145. The zero-order valence-electron chi connectivity index (χ0n) is 11.3. The Bertz CT molecular complexity index is 300. The first-order valence-electron chi connectivity index (χ1n) is 6.06. The van der Waals surface area contributed by atoms with Gasteiger partial charge in [-0.1, -0.05) is 45.3 Å². The molecule has 0 bridgehead atoms. The van der Waals surface area contributed by atoms with E-state index < -0.39 is 8.07 Å². The third-order valence-corrected chi connectivity index (χ3v) is 4.45. The maximum absolute atomic E-state index is 11.7. The molecule has 0 amide bonds. The van der Waals surface area contributed by atoms with Gasteiger partial charge in [-0.2, -0.15) is 0 Å². The van der Waals surface area contributed by atoms with E-state index in [0.717, 1.165) is 0 Å². The van der Waals surface area contributed by atoms with Gasteiger partial charge in [0.1, 0.15) is 0 Å². The van der Waals surface area contributed by atoms with Crippen molar-refractivity contribution in [2.24, 2.45) is 17.3 Å². The van der Waals surface area contributed by atoms with Crippen LogP contribution in [0.25, 0.3) is 0 Å². The number of hydrogen-bond acceptors (Lipinski definition) is 2. The van der Waals surface area contributed by atoms with E-state index >= 15 is 0 Å². The fourth-order valence-electron chi connectivity index (χ4n) is 2.11. The average Bonchev–Trinajstić information content (AvgIpc) is 2.64. The summed E-state index contributed by atoms with van der Waals surface area (Å²) in [4.78, 5) is 11.7. The van der Waals surface area contributed by atoms with Crippen LogP contribution in [0.4, 0.5) is 0 Å². The molecular formula is C13H24O2Si. The van der Waals surface area contributed by atoms with E-state index in [1.54, 1.807) is 0 Å². The average molecular weight is 240 g/mol. The Morgan fingerprint density at radius 1 is 1.38 bits per heavy atom. The predicted octanol–water partition coefficient (Wildman–Crippen LogP) is 3.26. The van der Waals surface area contributed by atoms with Crippen LogP contribution in [0.5, 0.6) is 0 Å². The van der Waals surface area contributed by atoms with E-state index in [1.165, 1.54) is 0 Å². The minimum atomic E-state index is -1.16. The van der Waals surface area contributed by atoms with Gasteiger partial charge in [-0.3, -0.25) is 4.79 Å². The Kier molecular flexibility index (Phi) is 3.68. The molecule has 0 saturated heterocycles. The lowest BCUT2D eigenvalue weighted by Gasteiger charge is -2.08.